The first-order valence-electron chi connectivity index (χ1n) is 7.82. The summed E-state index contributed by atoms with van der Waals surface area (Å²) in [5, 5.41) is 0. The molecule has 2 fully saturated rings. The zero-order valence-electron chi connectivity index (χ0n) is 13.1. The van der Waals surface area contributed by atoms with Gasteiger partial charge in [0.15, 0.2) is 0 Å². The molecule has 1 heterocycles. The van der Waals surface area contributed by atoms with E-state index in [2.05, 4.69) is 18.7 Å². The van der Waals surface area contributed by atoms with Crippen LogP contribution in [0.2, 0.25) is 0 Å². The van der Waals surface area contributed by atoms with Gasteiger partial charge in [0.2, 0.25) is 5.91 Å². The zero-order valence-corrected chi connectivity index (χ0v) is 13.1. The molecule has 1 aliphatic heterocycles. The van der Waals surface area contributed by atoms with E-state index in [0.717, 1.165) is 5.92 Å². The number of carbonyl (C=O) groups is 1. The normalized spacial score (nSPS) is 33.6. The van der Waals surface area contributed by atoms with Gasteiger partial charge in [0.25, 0.3) is 0 Å². The number of ether oxygens (including phenoxy) is 1. The zero-order chi connectivity index (χ0) is 14.2. The number of amides is 1. The molecular weight excluding hydrogens is 238 g/mol. The van der Waals surface area contributed by atoms with Gasteiger partial charge in [-0.1, -0.05) is 27.2 Å². The second-order valence-electron chi connectivity index (χ2n) is 6.78. The Labute approximate surface area is 117 Å². The van der Waals surface area contributed by atoms with E-state index in [4.69, 9.17) is 4.74 Å². The van der Waals surface area contributed by atoms with E-state index in [1.807, 2.05) is 13.8 Å². The highest BCUT2D eigenvalue weighted by atomic mass is 16.5. The third-order valence-corrected chi connectivity index (χ3v) is 5.37. The van der Waals surface area contributed by atoms with Crippen molar-refractivity contribution in [3.63, 3.8) is 0 Å². The molecule has 0 aromatic rings. The van der Waals surface area contributed by atoms with Crippen molar-refractivity contribution < 1.29 is 9.53 Å². The highest BCUT2D eigenvalue weighted by Crippen LogP contribution is 2.44. The average Bonchev–Trinajstić information content (AvgIpc) is 2.95. The second-order valence-corrected chi connectivity index (χ2v) is 6.78. The molecule has 0 N–H and O–H groups in total. The maximum Gasteiger partial charge on any atom is 0.228 e. The summed E-state index contributed by atoms with van der Waals surface area (Å²) < 4.78 is 5.35. The molecule has 3 heteroatoms. The van der Waals surface area contributed by atoms with Crippen LogP contribution in [0.5, 0.6) is 0 Å². The number of likely N-dealkylation sites (tertiary alicyclic amines) is 1. The van der Waals surface area contributed by atoms with Gasteiger partial charge in [0, 0.05) is 19.2 Å². The Balaban J connectivity index is 2.16. The molecule has 0 aromatic carbocycles. The molecule has 19 heavy (non-hydrogen) atoms. The lowest BCUT2D eigenvalue weighted by Gasteiger charge is -2.35. The summed E-state index contributed by atoms with van der Waals surface area (Å²) >= 11 is 0. The lowest BCUT2D eigenvalue weighted by Crippen LogP contribution is -2.48. The van der Waals surface area contributed by atoms with Crippen molar-refractivity contribution in [2.45, 2.75) is 71.6 Å². The third-order valence-electron chi connectivity index (χ3n) is 5.37. The predicted octanol–water partition coefficient (Wildman–Crippen LogP) is 3.08. The largest absolute Gasteiger partial charge is 0.381 e. The lowest BCUT2D eigenvalue weighted by molar-refractivity contribution is -0.143. The minimum absolute atomic E-state index is 0.000709. The van der Waals surface area contributed by atoms with Crippen molar-refractivity contribution >= 4 is 5.91 Å². The van der Waals surface area contributed by atoms with Crippen molar-refractivity contribution in [3.8, 4) is 0 Å². The molecule has 3 nitrogen and oxygen atoms in total. The number of fused-ring (bicyclic) bond motifs is 1. The number of hydrogen-bond donors (Lipinski definition) is 0. The number of nitrogens with zero attached hydrogens (tertiary/aromatic N) is 1. The van der Waals surface area contributed by atoms with Crippen LogP contribution in [0, 0.1) is 17.8 Å². The molecule has 1 saturated heterocycles. The van der Waals surface area contributed by atoms with Gasteiger partial charge >= 0.3 is 0 Å². The van der Waals surface area contributed by atoms with Gasteiger partial charge < -0.3 is 9.64 Å². The molecule has 1 amide bonds. The van der Waals surface area contributed by atoms with Crippen LogP contribution >= 0.6 is 0 Å². The van der Waals surface area contributed by atoms with E-state index >= 15 is 0 Å². The minimum Gasteiger partial charge on any atom is -0.381 e. The maximum absolute atomic E-state index is 12.8. The molecule has 4 unspecified atom stereocenters. The second kappa shape index (κ2) is 5.82. The summed E-state index contributed by atoms with van der Waals surface area (Å²) in [6.45, 7) is 8.50. The number of hydrogen-bond acceptors (Lipinski definition) is 2. The topological polar surface area (TPSA) is 29.5 Å². The number of methoxy groups -OCH3 is 1. The summed E-state index contributed by atoms with van der Waals surface area (Å²) in [7, 11) is 1.69. The highest BCUT2D eigenvalue weighted by Gasteiger charge is 2.47. The SMILES string of the molecule is COC(C)C(C)C(=O)N1C2CCCC2C[C@H]1C(C)C. The molecule has 0 radical (unpaired) electrons. The fourth-order valence-electron chi connectivity index (χ4n) is 3.89. The van der Waals surface area contributed by atoms with Gasteiger partial charge in [-0.05, 0) is 38.0 Å². The van der Waals surface area contributed by atoms with Crippen LogP contribution in [0.25, 0.3) is 0 Å². The van der Waals surface area contributed by atoms with E-state index < -0.39 is 0 Å². The summed E-state index contributed by atoms with van der Waals surface area (Å²) in [5.41, 5.74) is 0. The molecule has 0 aromatic heterocycles. The molecule has 1 aliphatic carbocycles. The Morgan fingerprint density at radius 3 is 2.47 bits per heavy atom. The van der Waals surface area contributed by atoms with Gasteiger partial charge in [0.05, 0.1) is 12.0 Å². The Morgan fingerprint density at radius 2 is 1.89 bits per heavy atom. The van der Waals surface area contributed by atoms with Crippen LogP contribution in [-0.2, 0) is 9.53 Å². The summed E-state index contributed by atoms with van der Waals surface area (Å²) in [4.78, 5) is 15.1. The first-order valence-corrected chi connectivity index (χ1v) is 7.82. The smallest absolute Gasteiger partial charge is 0.228 e. The number of carbonyl (C=O) groups excluding carboxylic acids is 1. The van der Waals surface area contributed by atoms with Crippen molar-refractivity contribution in [1.82, 2.24) is 4.90 Å². The molecular formula is C16H29NO2. The van der Waals surface area contributed by atoms with Crippen LogP contribution < -0.4 is 0 Å². The minimum atomic E-state index is -0.0365. The van der Waals surface area contributed by atoms with E-state index in [0.29, 0.717) is 23.9 Å². The van der Waals surface area contributed by atoms with Crippen LogP contribution in [0.4, 0.5) is 0 Å². The third kappa shape index (κ3) is 2.67. The summed E-state index contributed by atoms with van der Waals surface area (Å²) in [6.07, 6.45) is 5.01. The highest BCUT2D eigenvalue weighted by molar-refractivity contribution is 5.80. The standard InChI is InChI=1S/C16H29NO2/c1-10(2)15-9-13-7-6-8-14(13)17(15)16(18)11(3)12(4)19-5/h10-15H,6-9H2,1-5H3/t11?,12?,13?,14?,15-/m0/s1. The van der Waals surface area contributed by atoms with Crippen LogP contribution in [0.1, 0.15) is 53.4 Å². The van der Waals surface area contributed by atoms with E-state index in [1.54, 1.807) is 7.11 Å². The monoisotopic (exact) mass is 267 g/mol. The fraction of sp³-hybridized carbons (Fsp3) is 0.938. The Bertz CT molecular complexity index is 329. The Hall–Kier alpha value is -0.570. The molecule has 0 bridgehead atoms. The fourth-order valence-corrected chi connectivity index (χ4v) is 3.89. The van der Waals surface area contributed by atoms with Crippen molar-refractivity contribution in [3.05, 3.63) is 0 Å². The number of rotatable bonds is 4. The van der Waals surface area contributed by atoms with Crippen LogP contribution in [0.3, 0.4) is 0 Å². The maximum atomic E-state index is 12.8. The summed E-state index contributed by atoms with van der Waals surface area (Å²) in [6, 6.07) is 0.945. The molecule has 2 aliphatic rings. The van der Waals surface area contributed by atoms with Crippen LogP contribution in [-0.4, -0.2) is 36.1 Å². The molecule has 110 valence electrons. The Morgan fingerprint density at radius 1 is 1.21 bits per heavy atom. The quantitative estimate of drug-likeness (QED) is 0.783. The summed E-state index contributed by atoms with van der Waals surface area (Å²) in [5.74, 6) is 1.58. The van der Waals surface area contributed by atoms with Gasteiger partial charge in [-0.3, -0.25) is 4.79 Å². The first kappa shape index (κ1) is 14.8. The van der Waals surface area contributed by atoms with Crippen LogP contribution in [0.15, 0.2) is 0 Å². The van der Waals surface area contributed by atoms with E-state index in [9.17, 15) is 4.79 Å². The molecule has 2 rings (SSSR count). The molecule has 1 saturated carbocycles. The predicted molar refractivity (Wildman–Crippen MR) is 76.9 cm³/mol. The van der Waals surface area contributed by atoms with Gasteiger partial charge in [-0.2, -0.15) is 0 Å². The van der Waals surface area contributed by atoms with E-state index in [1.165, 1.54) is 25.7 Å². The first-order chi connectivity index (χ1) is 8.97. The van der Waals surface area contributed by atoms with Crippen molar-refractivity contribution in [1.29, 1.82) is 0 Å². The average molecular weight is 267 g/mol. The van der Waals surface area contributed by atoms with Gasteiger partial charge in [-0.15, -0.1) is 0 Å². The molecule has 0 spiro atoms. The van der Waals surface area contributed by atoms with Gasteiger partial charge in [-0.25, -0.2) is 0 Å². The van der Waals surface area contributed by atoms with E-state index in [-0.39, 0.29) is 12.0 Å². The van der Waals surface area contributed by atoms with Gasteiger partial charge in [0.1, 0.15) is 0 Å². The van der Waals surface area contributed by atoms with Crippen molar-refractivity contribution in [2.24, 2.45) is 17.8 Å². The van der Waals surface area contributed by atoms with Crippen molar-refractivity contribution in [2.75, 3.05) is 7.11 Å². The lowest BCUT2D eigenvalue weighted by atomic mass is 9.95. The molecule has 5 atom stereocenters. The Kier molecular flexibility index (Phi) is 4.54.